The summed E-state index contributed by atoms with van der Waals surface area (Å²) in [7, 11) is -3.40. The lowest BCUT2D eigenvalue weighted by Gasteiger charge is -2.23. The van der Waals surface area contributed by atoms with E-state index in [1.165, 1.54) is 50.9 Å². The summed E-state index contributed by atoms with van der Waals surface area (Å²) < 4.78 is 53.5. The molecule has 0 aliphatic heterocycles. The lowest BCUT2D eigenvalue weighted by atomic mass is 10.2. The van der Waals surface area contributed by atoms with Crippen LogP contribution in [0.3, 0.4) is 0 Å². The van der Waals surface area contributed by atoms with Gasteiger partial charge in [-0.05, 0) is 63.3 Å². The molecule has 12 heteroatoms. The van der Waals surface area contributed by atoms with Crippen molar-refractivity contribution in [1.82, 2.24) is 14.2 Å². The van der Waals surface area contributed by atoms with Gasteiger partial charge in [-0.1, -0.05) is 44.1 Å². The van der Waals surface area contributed by atoms with Crippen molar-refractivity contribution in [3.05, 3.63) is 48.0 Å². The molecule has 0 aliphatic carbocycles. The molecule has 0 aliphatic rings. The summed E-state index contributed by atoms with van der Waals surface area (Å²) in [6.07, 6.45) is 4.49. The number of nitrogens with zero attached hydrogens (tertiary/aromatic N) is 4. The van der Waals surface area contributed by atoms with E-state index < -0.39 is 19.9 Å². The van der Waals surface area contributed by atoms with Crippen LogP contribution < -0.4 is 4.90 Å². The highest BCUT2D eigenvalue weighted by Gasteiger charge is 2.26. The Morgan fingerprint density at radius 3 is 2.03 bits per heavy atom. The SMILES string of the molecule is CCCCN(CCCC)S(=O)(=O)c1ccc(C(=O)N(CCN(C)C)c2nc3c(S(C)(=O)=O)cccc3s2)cc1. The number of rotatable bonds is 14. The van der Waals surface area contributed by atoms with Crippen LogP contribution in [0.25, 0.3) is 10.2 Å². The number of carbonyl (C=O) groups is 1. The maximum Gasteiger partial charge on any atom is 0.260 e. The van der Waals surface area contributed by atoms with Crippen molar-refractivity contribution in [3.63, 3.8) is 0 Å². The number of carbonyl (C=O) groups excluding carboxylic acids is 1. The standard InChI is InChI=1S/C27H38N4O5S3/c1-6-8-17-30(18-9-7-2)39(35,36)22-15-13-21(14-16-22)26(32)31(20-19-29(3)4)27-28-25-23(37-27)11-10-12-24(25)38(5,33)34/h10-16H,6-9,17-20H2,1-5H3. The number of thiazole rings is 1. The minimum Gasteiger partial charge on any atom is -0.308 e. The van der Waals surface area contributed by atoms with Gasteiger partial charge in [-0.15, -0.1) is 0 Å². The molecule has 0 radical (unpaired) electrons. The van der Waals surface area contributed by atoms with E-state index in [0.29, 0.717) is 47.1 Å². The van der Waals surface area contributed by atoms with E-state index in [1.54, 1.807) is 12.1 Å². The first-order chi connectivity index (χ1) is 18.4. The summed E-state index contributed by atoms with van der Waals surface area (Å²) in [5.41, 5.74) is 0.660. The van der Waals surface area contributed by atoms with Gasteiger partial charge < -0.3 is 4.90 Å². The topological polar surface area (TPSA) is 108 Å². The zero-order valence-electron chi connectivity index (χ0n) is 23.3. The number of aromatic nitrogens is 1. The molecule has 1 heterocycles. The van der Waals surface area contributed by atoms with Crippen LogP contribution in [0.5, 0.6) is 0 Å². The third kappa shape index (κ3) is 7.63. The molecule has 0 bridgehead atoms. The van der Waals surface area contributed by atoms with E-state index in [1.807, 2.05) is 32.8 Å². The number of hydrogen-bond acceptors (Lipinski definition) is 8. The fraction of sp³-hybridized carbons (Fsp3) is 0.481. The Morgan fingerprint density at radius 2 is 1.49 bits per heavy atom. The fourth-order valence-electron chi connectivity index (χ4n) is 4.01. The number of sulfone groups is 1. The first-order valence-corrected chi connectivity index (χ1v) is 17.2. The highest BCUT2D eigenvalue weighted by Crippen LogP contribution is 2.33. The van der Waals surface area contributed by atoms with Crippen molar-refractivity contribution in [2.45, 2.75) is 49.3 Å². The molecule has 0 fully saturated rings. The van der Waals surface area contributed by atoms with E-state index in [-0.39, 0.29) is 15.7 Å². The van der Waals surface area contributed by atoms with Crippen LogP contribution >= 0.6 is 11.3 Å². The second-order valence-electron chi connectivity index (χ2n) is 9.77. The maximum absolute atomic E-state index is 13.7. The zero-order chi connectivity index (χ0) is 28.8. The Bertz CT molecular complexity index is 1480. The summed E-state index contributed by atoms with van der Waals surface area (Å²) >= 11 is 1.25. The average molecular weight is 595 g/mol. The number of likely N-dealkylation sites (N-methyl/N-ethyl adjacent to an activating group) is 1. The van der Waals surface area contributed by atoms with Gasteiger partial charge in [0.2, 0.25) is 10.0 Å². The number of amides is 1. The molecule has 3 rings (SSSR count). The van der Waals surface area contributed by atoms with Gasteiger partial charge >= 0.3 is 0 Å². The molecule has 3 aromatic rings. The molecule has 9 nitrogen and oxygen atoms in total. The van der Waals surface area contributed by atoms with E-state index >= 15 is 0 Å². The molecule has 0 atom stereocenters. The lowest BCUT2D eigenvalue weighted by molar-refractivity contribution is 0.0985. The molecule has 214 valence electrons. The molecule has 1 aromatic heterocycles. The number of hydrogen-bond donors (Lipinski definition) is 0. The summed E-state index contributed by atoms with van der Waals surface area (Å²) in [5.74, 6) is -0.338. The van der Waals surface area contributed by atoms with E-state index in [9.17, 15) is 21.6 Å². The van der Waals surface area contributed by atoms with Crippen molar-refractivity contribution in [2.24, 2.45) is 0 Å². The molecule has 2 aromatic carbocycles. The minimum absolute atomic E-state index is 0.118. The van der Waals surface area contributed by atoms with Crippen molar-refractivity contribution in [3.8, 4) is 0 Å². The Balaban J connectivity index is 1.96. The minimum atomic E-state index is -3.68. The van der Waals surface area contributed by atoms with E-state index in [2.05, 4.69) is 4.98 Å². The van der Waals surface area contributed by atoms with Crippen molar-refractivity contribution in [1.29, 1.82) is 0 Å². The second kappa shape index (κ2) is 13.3. The van der Waals surface area contributed by atoms with E-state index in [0.717, 1.165) is 31.9 Å². The smallest absolute Gasteiger partial charge is 0.260 e. The van der Waals surface area contributed by atoms with Crippen LogP contribution in [-0.4, -0.2) is 83.5 Å². The fourth-order valence-corrected chi connectivity index (χ4v) is 7.44. The summed E-state index contributed by atoms with van der Waals surface area (Å²) in [6, 6.07) is 11.0. The molecule has 0 spiro atoms. The molecule has 0 N–H and O–H groups in total. The first kappa shape index (κ1) is 31.2. The third-order valence-electron chi connectivity index (χ3n) is 6.28. The van der Waals surface area contributed by atoms with Crippen LogP contribution in [-0.2, 0) is 19.9 Å². The van der Waals surface area contributed by atoms with Crippen LogP contribution in [0, 0.1) is 0 Å². The molecule has 0 unspecified atom stereocenters. The Morgan fingerprint density at radius 1 is 0.872 bits per heavy atom. The largest absolute Gasteiger partial charge is 0.308 e. The average Bonchev–Trinajstić information content (AvgIpc) is 3.31. The molecule has 0 saturated carbocycles. The third-order valence-corrected chi connectivity index (χ3v) is 10.4. The molecule has 0 saturated heterocycles. The van der Waals surface area contributed by atoms with Gasteiger partial charge in [-0.2, -0.15) is 4.31 Å². The van der Waals surface area contributed by atoms with Gasteiger partial charge in [0.05, 0.1) is 14.5 Å². The van der Waals surface area contributed by atoms with Gasteiger partial charge in [0.1, 0.15) is 5.52 Å². The van der Waals surface area contributed by atoms with Gasteiger partial charge in [-0.3, -0.25) is 9.69 Å². The predicted molar refractivity (Wildman–Crippen MR) is 158 cm³/mol. The van der Waals surface area contributed by atoms with Gasteiger partial charge in [0.25, 0.3) is 5.91 Å². The number of anilines is 1. The van der Waals surface area contributed by atoms with E-state index in [4.69, 9.17) is 0 Å². The molecular weight excluding hydrogens is 557 g/mol. The number of benzene rings is 2. The highest BCUT2D eigenvalue weighted by molar-refractivity contribution is 7.91. The quantitative estimate of drug-likeness (QED) is 0.270. The molecule has 1 amide bonds. The number of para-hydroxylation sites is 1. The number of fused-ring (bicyclic) bond motifs is 1. The summed E-state index contributed by atoms with van der Waals surface area (Å²) in [5, 5.41) is 0.384. The Hall–Kier alpha value is -2.38. The van der Waals surface area contributed by atoms with Crippen molar-refractivity contribution < 1.29 is 21.6 Å². The van der Waals surface area contributed by atoms with Crippen LogP contribution in [0.1, 0.15) is 49.9 Å². The normalized spacial score (nSPS) is 12.5. The van der Waals surface area contributed by atoms with Gasteiger partial charge in [0, 0.05) is 38.0 Å². The Kier molecular flexibility index (Phi) is 10.6. The monoisotopic (exact) mass is 594 g/mol. The van der Waals surface area contributed by atoms with Gasteiger partial charge in [0.15, 0.2) is 15.0 Å². The van der Waals surface area contributed by atoms with Crippen LogP contribution in [0.2, 0.25) is 0 Å². The van der Waals surface area contributed by atoms with Crippen LogP contribution in [0.4, 0.5) is 5.13 Å². The predicted octanol–water partition coefficient (Wildman–Crippen LogP) is 4.50. The van der Waals surface area contributed by atoms with Crippen molar-refractivity contribution in [2.75, 3.05) is 51.4 Å². The van der Waals surface area contributed by atoms with Crippen LogP contribution in [0.15, 0.2) is 52.3 Å². The number of sulfonamides is 1. The number of unbranched alkanes of at least 4 members (excludes halogenated alkanes) is 2. The second-order valence-corrected chi connectivity index (χ2v) is 14.7. The maximum atomic E-state index is 13.7. The first-order valence-electron chi connectivity index (χ1n) is 13.1. The molecular formula is C27H38N4O5S3. The highest BCUT2D eigenvalue weighted by atomic mass is 32.2. The lowest BCUT2D eigenvalue weighted by Crippen LogP contribution is -2.37. The van der Waals surface area contributed by atoms with Gasteiger partial charge in [-0.25, -0.2) is 21.8 Å². The zero-order valence-corrected chi connectivity index (χ0v) is 25.7. The Labute approximate surface area is 236 Å². The molecule has 39 heavy (non-hydrogen) atoms. The van der Waals surface area contributed by atoms with Crippen molar-refractivity contribution >= 4 is 52.5 Å². The summed E-state index contributed by atoms with van der Waals surface area (Å²) in [6.45, 7) is 5.86. The summed E-state index contributed by atoms with van der Waals surface area (Å²) in [4.78, 5) is 22.0.